The Kier molecular flexibility index (Phi) is 4.82. The smallest absolute Gasteiger partial charge is 0.254 e. The van der Waals surface area contributed by atoms with E-state index in [1.807, 2.05) is 6.07 Å². The van der Waals surface area contributed by atoms with E-state index in [9.17, 15) is 4.79 Å². The van der Waals surface area contributed by atoms with E-state index < -0.39 is 6.10 Å². The molecule has 1 amide bonds. The summed E-state index contributed by atoms with van der Waals surface area (Å²) in [6.45, 7) is 0.139. The van der Waals surface area contributed by atoms with Crippen molar-refractivity contribution in [2.45, 2.75) is 24.9 Å². The number of nitrogens with two attached hydrogens (primary N) is 1. The Balaban J connectivity index is 0.00000161. The van der Waals surface area contributed by atoms with Crippen molar-refractivity contribution in [2.24, 2.45) is 5.73 Å². The number of fused-ring (bicyclic) bond motifs is 1. The van der Waals surface area contributed by atoms with E-state index in [4.69, 9.17) is 14.9 Å². The molecule has 1 aliphatic rings. The van der Waals surface area contributed by atoms with Crippen LogP contribution in [0, 0.1) is 0 Å². The molecule has 0 bridgehead atoms. The standard InChI is InChI=1S/C14H17N3O3.ClH/c1-19-12(7-15)13(18)16-9-4-5-11-10(6-9)17-14(20-11)8-2-3-8;/h4-6,8,12H,2-3,7,15H2,1H3,(H,16,18);1H. The molecule has 7 heteroatoms. The van der Waals surface area contributed by atoms with Crippen LogP contribution in [0.15, 0.2) is 22.6 Å². The van der Waals surface area contributed by atoms with Gasteiger partial charge in [-0.05, 0) is 31.0 Å². The van der Waals surface area contributed by atoms with Gasteiger partial charge in [-0.25, -0.2) is 4.98 Å². The van der Waals surface area contributed by atoms with Crippen LogP contribution in [0.5, 0.6) is 0 Å². The van der Waals surface area contributed by atoms with Crippen molar-refractivity contribution in [3.8, 4) is 0 Å². The van der Waals surface area contributed by atoms with Crippen LogP contribution in [0.1, 0.15) is 24.7 Å². The van der Waals surface area contributed by atoms with Gasteiger partial charge in [-0.1, -0.05) is 0 Å². The highest BCUT2D eigenvalue weighted by atomic mass is 35.5. The third-order valence-electron chi connectivity index (χ3n) is 3.39. The van der Waals surface area contributed by atoms with Crippen molar-refractivity contribution < 1.29 is 13.9 Å². The fourth-order valence-corrected chi connectivity index (χ4v) is 2.06. The number of carbonyl (C=O) groups excluding carboxylic acids is 1. The minimum atomic E-state index is -0.648. The molecule has 1 heterocycles. The summed E-state index contributed by atoms with van der Waals surface area (Å²) >= 11 is 0. The van der Waals surface area contributed by atoms with Crippen LogP contribution in [0.25, 0.3) is 11.1 Å². The summed E-state index contributed by atoms with van der Waals surface area (Å²) in [7, 11) is 1.46. The topological polar surface area (TPSA) is 90.4 Å². The maximum Gasteiger partial charge on any atom is 0.254 e. The van der Waals surface area contributed by atoms with E-state index in [0.717, 1.165) is 29.8 Å². The van der Waals surface area contributed by atoms with Gasteiger partial charge in [0.1, 0.15) is 11.6 Å². The molecule has 1 unspecified atom stereocenters. The van der Waals surface area contributed by atoms with Gasteiger partial charge in [-0.2, -0.15) is 0 Å². The van der Waals surface area contributed by atoms with Crippen LogP contribution in [-0.2, 0) is 9.53 Å². The molecule has 0 saturated heterocycles. The number of nitrogens with zero attached hydrogens (tertiary/aromatic N) is 1. The number of ether oxygens (including phenoxy) is 1. The lowest BCUT2D eigenvalue weighted by atomic mass is 10.2. The fraction of sp³-hybridized carbons (Fsp3) is 0.429. The number of oxazole rings is 1. The molecule has 2 aromatic rings. The van der Waals surface area contributed by atoms with Crippen molar-refractivity contribution in [1.29, 1.82) is 0 Å². The summed E-state index contributed by atoms with van der Waals surface area (Å²) in [5.41, 5.74) is 7.62. The molecule has 21 heavy (non-hydrogen) atoms. The number of nitrogens with one attached hydrogen (secondary N) is 1. The minimum Gasteiger partial charge on any atom is -0.440 e. The quantitative estimate of drug-likeness (QED) is 0.882. The van der Waals surface area contributed by atoms with Crippen LogP contribution >= 0.6 is 12.4 Å². The van der Waals surface area contributed by atoms with Crippen molar-refractivity contribution in [2.75, 3.05) is 19.0 Å². The molecule has 6 nitrogen and oxygen atoms in total. The van der Waals surface area contributed by atoms with Gasteiger partial charge < -0.3 is 20.2 Å². The molecule has 1 aromatic heterocycles. The van der Waals surface area contributed by atoms with Crippen molar-refractivity contribution >= 4 is 35.1 Å². The van der Waals surface area contributed by atoms with Crippen LogP contribution in [-0.4, -0.2) is 30.6 Å². The summed E-state index contributed by atoms with van der Waals surface area (Å²) in [6, 6.07) is 5.39. The second-order valence-electron chi connectivity index (χ2n) is 4.96. The molecule has 0 radical (unpaired) electrons. The van der Waals surface area contributed by atoms with Crippen molar-refractivity contribution in [1.82, 2.24) is 4.98 Å². The number of halogens is 1. The Hall–Kier alpha value is -1.63. The largest absolute Gasteiger partial charge is 0.440 e. The first-order chi connectivity index (χ1) is 9.71. The van der Waals surface area contributed by atoms with E-state index in [0.29, 0.717) is 11.6 Å². The number of aromatic nitrogens is 1. The zero-order valence-corrected chi connectivity index (χ0v) is 12.5. The summed E-state index contributed by atoms with van der Waals surface area (Å²) < 4.78 is 10.7. The highest BCUT2D eigenvalue weighted by Gasteiger charge is 2.29. The fourth-order valence-electron chi connectivity index (χ4n) is 2.06. The third-order valence-corrected chi connectivity index (χ3v) is 3.39. The summed E-state index contributed by atoms with van der Waals surface area (Å²) in [5.74, 6) is 0.996. The van der Waals surface area contributed by atoms with Gasteiger partial charge >= 0.3 is 0 Å². The van der Waals surface area contributed by atoms with Gasteiger partial charge in [0.15, 0.2) is 11.5 Å². The number of hydrogen-bond acceptors (Lipinski definition) is 5. The Labute approximate surface area is 128 Å². The second-order valence-corrected chi connectivity index (χ2v) is 4.96. The SMILES string of the molecule is COC(CN)C(=O)Nc1ccc2oc(C3CC3)nc2c1.Cl. The first kappa shape index (κ1) is 15.8. The number of carbonyl (C=O) groups is 1. The molecular formula is C14H18ClN3O3. The van der Waals surface area contributed by atoms with Crippen molar-refractivity contribution in [3.05, 3.63) is 24.1 Å². The number of amides is 1. The predicted molar refractivity (Wildman–Crippen MR) is 81.7 cm³/mol. The summed E-state index contributed by atoms with van der Waals surface area (Å²) in [4.78, 5) is 16.3. The zero-order chi connectivity index (χ0) is 14.1. The Bertz CT molecular complexity index is 635. The lowest BCUT2D eigenvalue weighted by molar-refractivity contribution is -0.125. The molecule has 1 aromatic carbocycles. The van der Waals surface area contributed by atoms with E-state index in [1.54, 1.807) is 12.1 Å². The Morgan fingerprint density at radius 2 is 2.33 bits per heavy atom. The number of benzene rings is 1. The molecule has 0 aliphatic heterocycles. The van der Waals surface area contributed by atoms with E-state index in [1.165, 1.54) is 7.11 Å². The molecule has 1 fully saturated rings. The Morgan fingerprint density at radius 1 is 1.57 bits per heavy atom. The minimum absolute atomic E-state index is 0. The monoisotopic (exact) mass is 311 g/mol. The van der Waals surface area contributed by atoms with Gasteiger partial charge in [0.25, 0.3) is 5.91 Å². The predicted octanol–water partition coefficient (Wildman–Crippen LogP) is 2.04. The highest BCUT2D eigenvalue weighted by molar-refractivity contribution is 5.95. The average molecular weight is 312 g/mol. The average Bonchev–Trinajstić information content (AvgIpc) is 3.20. The van der Waals surface area contributed by atoms with Gasteiger partial charge in [0.2, 0.25) is 0 Å². The molecule has 114 valence electrons. The molecule has 3 rings (SSSR count). The van der Waals surface area contributed by atoms with Gasteiger partial charge in [-0.15, -0.1) is 12.4 Å². The van der Waals surface area contributed by atoms with E-state index in [-0.39, 0.29) is 24.9 Å². The number of anilines is 1. The van der Waals surface area contributed by atoms with E-state index in [2.05, 4.69) is 10.3 Å². The van der Waals surface area contributed by atoms with E-state index >= 15 is 0 Å². The normalized spacial score (nSPS) is 15.5. The van der Waals surface area contributed by atoms with Crippen LogP contribution in [0.2, 0.25) is 0 Å². The summed E-state index contributed by atoms with van der Waals surface area (Å²) in [5, 5.41) is 2.76. The third kappa shape index (κ3) is 3.34. The maximum absolute atomic E-state index is 11.9. The Morgan fingerprint density at radius 3 is 2.95 bits per heavy atom. The first-order valence-corrected chi connectivity index (χ1v) is 6.65. The maximum atomic E-state index is 11.9. The van der Waals surface area contributed by atoms with Gasteiger partial charge in [0.05, 0.1) is 0 Å². The zero-order valence-electron chi connectivity index (χ0n) is 11.7. The number of methoxy groups -OCH3 is 1. The molecule has 0 spiro atoms. The van der Waals surface area contributed by atoms with Crippen LogP contribution in [0.3, 0.4) is 0 Å². The van der Waals surface area contributed by atoms with Crippen molar-refractivity contribution in [3.63, 3.8) is 0 Å². The lowest BCUT2D eigenvalue weighted by Crippen LogP contribution is -2.35. The summed E-state index contributed by atoms with van der Waals surface area (Å²) in [6.07, 6.45) is 1.63. The molecule has 1 aliphatic carbocycles. The number of rotatable bonds is 5. The first-order valence-electron chi connectivity index (χ1n) is 6.65. The second kappa shape index (κ2) is 6.43. The van der Waals surface area contributed by atoms with Crippen LogP contribution < -0.4 is 11.1 Å². The molecule has 3 N–H and O–H groups in total. The lowest BCUT2D eigenvalue weighted by Gasteiger charge is -2.12. The highest BCUT2D eigenvalue weighted by Crippen LogP contribution is 2.40. The van der Waals surface area contributed by atoms with Gasteiger partial charge in [-0.3, -0.25) is 4.79 Å². The molecule has 1 saturated carbocycles. The molecular weight excluding hydrogens is 294 g/mol. The van der Waals surface area contributed by atoms with Crippen LogP contribution in [0.4, 0.5) is 5.69 Å². The molecule has 1 atom stereocenters. The van der Waals surface area contributed by atoms with Gasteiger partial charge in [0, 0.05) is 25.3 Å². The number of hydrogen-bond donors (Lipinski definition) is 2.